The Hall–Kier alpha value is -3.83. The smallest absolute Gasteiger partial charge is 0.165 e. The van der Waals surface area contributed by atoms with Gasteiger partial charge in [-0.1, -0.05) is 12.1 Å². The quantitative estimate of drug-likeness (QED) is 0.678. The highest BCUT2D eigenvalue weighted by Gasteiger charge is 2.09. The molecule has 2 N–H and O–H groups in total. The van der Waals surface area contributed by atoms with Gasteiger partial charge in [0.1, 0.15) is 23.5 Å². The number of halogens is 1. The maximum absolute atomic E-state index is 13.7. The first-order chi connectivity index (χ1) is 12.0. The standard InChI is InChI=1S/C20H11FN2O2/c21-19-8-13(2-4-20(19)25)15-6-14-1-3-17(24)9-18(14)16(7-15)5-12(10-22)11-23/h1-9,24-25H. The molecule has 3 aromatic carbocycles. The SMILES string of the molecule is N#CC(C#N)=Cc1cc(-c2ccc(O)c(F)c2)cc2ccc(O)cc12. The number of rotatable bonds is 2. The van der Waals surface area contributed by atoms with E-state index in [9.17, 15) is 14.6 Å². The average Bonchev–Trinajstić information content (AvgIpc) is 2.61. The van der Waals surface area contributed by atoms with Gasteiger partial charge >= 0.3 is 0 Å². The van der Waals surface area contributed by atoms with Gasteiger partial charge in [-0.15, -0.1) is 0 Å². The molecule has 4 nitrogen and oxygen atoms in total. The minimum Gasteiger partial charge on any atom is -0.508 e. The first kappa shape index (κ1) is 16.0. The van der Waals surface area contributed by atoms with E-state index in [2.05, 4.69) is 0 Å². The number of fused-ring (bicyclic) bond motifs is 1. The maximum atomic E-state index is 13.7. The fraction of sp³-hybridized carbons (Fsp3) is 0. The molecule has 0 aliphatic heterocycles. The number of hydrogen-bond donors (Lipinski definition) is 2. The third kappa shape index (κ3) is 3.12. The maximum Gasteiger partial charge on any atom is 0.165 e. The highest BCUT2D eigenvalue weighted by molar-refractivity contribution is 5.96. The molecule has 3 rings (SSSR count). The molecule has 0 bridgehead atoms. The number of aromatic hydroxyl groups is 2. The Morgan fingerprint density at radius 1 is 0.920 bits per heavy atom. The van der Waals surface area contributed by atoms with Crippen LogP contribution in [0.25, 0.3) is 28.0 Å². The number of hydrogen-bond acceptors (Lipinski definition) is 4. The molecule has 0 amide bonds. The lowest BCUT2D eigenvalue weighted by molar-refractivity contribution is 0.432. The van der Waals surface area contributed by atoms with Crippen LogP contribution in [0.15, 0.2) is 54.1 Å². The lowest BCUT2D eigenvalue weighted by Gasteiger charge is -2.09. The summed E-state index contributed by atoms with van der Waals surface area (Å²) in [7, 11) is 0. The molecule has 0 aromatic heterocycles. The van der Waals surface area contributed by atoms with Crippen molar-refractivity contribution in [2.45, 2.75) is 0 Å². The third-order valence-electron chi connectivity index (χ3n) is 3.79. The number of nitrogens with zero attached hydrogens (tertiary/aromatic N) is 2. The van der Waals surface area contributed by atoms with Crippen LogP contribution in [0.4, 0.5) is 4.39 Å². The number of phenolic OH excluding ortho intramolecular Hbond substituents is 2. The molecule has 0 saturated carbocycles. The monoisotopic (exact) mass is 330 g/mol. The van der Waals surface area contributed by atoms with Crippen molar-refractivity contribution in [2.24, 2.45) is 0 Å². The van der Waals surface area contributed by atoms with E-state index in [-0.39, 0.29) is 11.3 Å². The predicted octanol–water partition coefficient (Wildman–Crippen LogP) is 4.49. The molecule has 120 valence electrons. The summed E-state index contributed by atoms with van der Waals surface area (Å²) in [5, 5.41) is 38.5. The fourth-order valence-electron chi connectivity index (χ4n) is 2.59. The minimum absolute atomic E-state index is 0.0565. The van der Waals surface area contributed by atoms with Gasteiger partial charge in [0.05, 0.1) is 0 Å². The molecule has 3 aromatic rings. The molecule has 0 heterocycles. The van der Waals surface area contributed by atoms with Crippen LogP contribution in [0.3, 0.4) is 0 Å². The van der Waals surface area contributed by atoms with Gasteiger partial charge in [0.15, 0.2) is 11.6 Å². The fourth-order valence-corrected chi connectivity index (χ4v) is 2.59. The number of benzene rings is 3. The second-order valence-corrected chi connectivity index (χ2v) is 5.42. The van der Waals surface area contributed by atoms with E-state index in [1.165, 1.54) is 30.3 Å². The zero-order valence-corrected chi connectivity index (χ0v) is 12.9. The Labute approximate surface area is 142 Å². The van der Waals surface area contributed by atoms with Gasteiger partial charge < -0.3 is 10.2 Å². The van der Waals surface area contributed by atoms with Crippen LogP contribution >= 0.6 is 0 Å². The Kier molecular flexibility index (Phi) is 4.07. The summed E-state index contributed by atoms with van der Waals surface area (Å²) < 4.78 is 13.7. The zero-order chi connectivity index (χ0) is 18.0. The topological polar surface area (TPSA) is 88.0 Å². The molecular weight excluding hydrogens is 319 g/mol. The molecular formula is C20H11FN2O2. The number of phenols is 2. The van der Waals surface area contributed by atoms with E-state index in [4.69, 9.17) is 10.5 Å². The lowest BCUT2D eigenvalue weighted by Crippen LogP contribution is -1.87. The van der Waals surface area contributed by atoms with E-state index in [1.54, 1.807) is 36.4 Å². The second-order valence-electron chi connectivity index (χ2n) is 5.42. The highest BCUT2D eigenvalue weighted by atomic mass is 19.1. The van der Waals surface area contributed by atoms with Crippen LogP contribution in [0.2, 0.25) is 0 Å². The Balaban J connectivity index is 2.30. The third-order valence-corrected chi connectivity index (χ3v) is 3.79. The predicted molar refractivity (Wildman–Crippen MR) is 91.9 cm³/mol. The Bertz CT molecular complexity index is 1090. The normalized spacial score (nSPS) is 10.0. The van der Waals surface area contributed by atoms with Crippen molar-refractivity contribution in [3.63, 3.8) is 0 Å². The lowest BCUT2D eigenvalue weighted by atomic mass is 9.95. The van der Waals surface area contributed by atoms with Crippen LogP contribution in [0.1, 0.15) is 5.56 Å². The van der Waals surface area contributed by atoms with Crippen LogP contribution in [0, 0.1) is 28.5 Å². The molecule has 0 aliphatic rings. The summed E-state index contributed by atoms with van der Waals surface area (Å²) in [6, 6.07) is 15.9. The van der Waals surface area contributed by atoms with Crippen LogP contribution < -0.4 is 0 Å². The van der Waals surface area contributed by atoms with Crippen molar-refractivity contribution in [2.75, 3.05) is 0 Å². The summed E-state index contributed by atoms with van der Waals surface area (Å²) in [4.78, 5) is 0. The van der Waals surface area contributed by atoms with Gasteiger partial charge in [-0.05, 0) is 69.9 Å². The van der Waals surface area contributed by atoms with E-state index in [1.807, 2.05) is 0 Å². The Morgan fingerprint density at radius 2 is 1.68 bits per heavy atom. The summed E-state index contributed by atoms with van der Waals surface area (Å²) >= 11 is 0. The van der Waals surface area contributed by atoms with Gasteiger partial charge in [0, 0.05) is 0 Å². The van der Waals surface area contributed by atoms with Crippen molar-refractivity contribution in [3.05, 3.63) is 65.5 Å². The molecule has 0 radical (unpaired) electrons. The summed E-state index contributed by atoms with van der Waals surface area (Å²) in [6.45, 7) is 0. The first-order valence-electron chi connectivity index (χ1n) is 7.29. The van der Waals surface area contributed by atoms with E-state index in [0.717, 1.165) is 5.39 Å². The minimum atomic E-state index is -0.741. The molecule has 0 spiro atoms. The summed E-state index contributed by atoms with van der Waals surface area (Å²) in [5.41, 5.74) is 1.66. The summed E-state index contributed by atoms with van der Waals surface area (Å²) in [6.07, 6.45) is 1.42. The molecule has 0 aliphatic carbocycles. The number of allylic oxidation sites excluding steroid dienone is 1. The van der Waals surface area contributed by atoms with Crippen molar-refractivity contribution < 1.29 is 14.6 Å². The van der Waals surface area contributed by atoms with E-state index in [0.29, 0.717) is 22.1 Å². The first-order valence-corrected chi connectivity index (χ1v) is 7.29. The van der Waals surface area contributed by atoms with Gasteiger partial charge in [-0.25, -0.2) is 4.39 Å². The highest BCUT2D eigenvalue weighted by Crippen LogP contribution is 2.32. The van der Waals surface area contributed by atoms with Crippen molar-refractivity contribution >= 4 is 16.8 Å². The van der Waals surface area contributed by atoms with Crippen LogP contribution in [0.5, 0.6) is 11.5 Å². The van der Waals surface area contributed by atoms with Gasteiger partial charge in [-0.3, -0.25) is 0 Å². The molecule has 0 saturated heterocycles. The van der Waals surface area contributed by atoms with Gasteiger partial charge in [0.25, 0.3) is 0 Å². The molecule has 25 heavy (non-hydrogen) atoms. The molecule has 0 unspecified atom stereocenters. The van der Waals surface area contributed by atoms with Crippen molar-refractivity contribution in [3.8, 4) is 34.8 Å². The molecule has 5 heteroatoms. The van der Waals surface area contributed by atoms with E-state index >= 15 is 0 Å². The van der Waals surface area contributed by atoms with Crippen molar-refractivity contribution in [1.82, 2.24) is 0 Å². The van der Waals surface area contributed by atoms with Crippen LogP contribution in [-0.2, 0) is 0 Å². The van der Waals surface area contributed by atoms with Crippen molar-refractivity contribution in [1.29, 1.82) is 10.5 Å². The van der Waals surface area contributed by atoms with Gasteiger partial charge in [-0.2, -0.15) is 10.5 Å². The molecule has 0 atom stereocenters. The van der Waals surface area contributed by atoms with Gasteiger partial charge in [0.2, 0.25) is 0 Å². The summed E-state index contributed by atoms with van der Waals surface area (Å²) in [5.74, 6) is -1.12. The largest absolute Gasteiger partial charge is 0.508 e. The Morgan fingerprint density at radius 3 is 2.36 bits per heavy atom. The number of nitriles is 2. The average molecular weight is 330 g/mol. The van der Waals surface area contributed by atoms with Crippen LogP contribution in [-0.4, -0.2) is 10.2 Å². The van der Waals surface area contributed by atoms with E-state index < -0.39 is 11.6 Å². The second kappa shape index (κ2) is 6.35. The molecule has 0 fully saturated rings. The zero-order valence-electron chi connectivity index (χ0n) is 12.9.